The Morgan fingerprint density at radius 1 is 1.27 bits per heavy atom. The lowest BCUT2D eigenvalue weighted by Gasteiger charge is -2.54. The van der Waals surface area contributed by atoms with Crippen molar-refractivity contribution in [2.45, 2.75) is 5.41 Å². The lowest BCUT2D eigenvalue weighted by molar-refractivity contribution is -0.202. The highest BCUT2D eigenvalue weighted by Gasteiger charge is 2.62. The molecule has 78 valence electrons. The van der Waals surface area contributed by atoms with E-state index in [0.29, 0.717) is 26.4 Å². The van der Waals surface area contributed by atoms with Crippen LogP contribution in [-0.4, -0.2) is 31.4 Å². The summed E-state index contributed by atoms with van der Waals surface area (Å²) < 4.78 is 10.5. The fourth-order valence-electron chi connectivity index (χ4n) is 2.38. The molecule has 1 aromatic heterocycles. The Bertz CT molecular complexity index is 397. The zero-order valence-electron chi connectivity index (χ0n) is 8.32. The molecule has 0 unspecified atom stereocenters. The SMILES string of the molecule is N#CC1(C2(c3ccc[nH]3)COC2)COC1. The van der Waals surface area contributed by atoms with Crippen molar-refractivity contribution in [1.29, 1.82) is 5.26 Å². The molecule has 4 nitrogen and oxygen atoms in total. The molecule has 2 saturated heterocycles. The molecule has 3 heterocycles. The molecule has 0 amide bonds. The van der Waals surface area contributed by atoms with Gasteiger partial charge in [-0.2, -0.15) is 5.26 Å². The van der Waals surface area contributed by atoms with Gasteiger partial charge in [0.1, 0.15) is 5.41 Å². The molecule has 0 saturated carbocycles. The number of H-pyrrole nitrogens is 1. The van der Waals surface area contributed by atoms with E-state index in [0.717, 1.165) is 5.69 Å². The maximum Gasteiger partial charge on any atom is 0.119 e. The largest absolute Gasteiger partial charge is 0.379 e. The summed E-state index contributed by atoms with van der Waals surface area (Å²) in [6, 6.07) is 6.41. The molecule has 0 atom stereocenters. The molecule has 15 heavy (non-hydrogen) atoms. The van der Waals surface area contributed by atoms with Crippen LogP contribution < -0.4 is 0 Å². The van der Waals surface area contributed by atoms with Gasteiger partial charge in [0.2, 0.25) is 0 Å². The molecule has 0 aliphatic carbocycles. The van der Waals surface area contributed by atoms with Crippen molar-refractivity contribution in [2.24, 2.45) is 5.41 Å². The summed E-state index contributed by atoms with van der Waals surface area (Å²) in [5, 5.41) is 9.34. The molecule has 2 aliphatic heterocycles. The standard InChI is InChI=1S/C11H12N2O2/c12-4-10(5-14-6-10)11(7-15-8-11)9-2-1-3-13-9/h1-3,13H,5-8H2. The number of nitrogens with zero attached hydrogens (tertiary/aromatic N) is 1. The molecule has 0 aromatic carbocycles. The van der Waals surface area contributed by atoms with E-state index >= 15 is 0 Å². The molecule has 1 aromatic rings. The molecular weight excluding hydrogens is 192 g/mol. The number of nitrogens with one attached hydrogen (secondary N) is 1. The van der Waals surface area contributed by atoms with Crippen molar-refractivity contribution in [3.05, 3.63) is 24.0 Å². The Labute approximate surface area is 87.8 Å². The minimum Gasteiger partial charge on any atom is -0.379 e. The van der Waals surface area contributed by atoms with Crippen LogP contribution in [0.25, 0.3) is 0 Å². The first-order chi connectivity index (χ1) is 7.33. The fourth-order valence-corrected chi connectivity index (χ4v) is 2.38. The first-order valence-electron chi connectivity index (χ1n) is 5.04. The van der Waals surface area contributed by atoms with Crippen molar-refractivity contribution in [2.75, 3.05) is 26.4 Å². The maximum atomic E-state index is 9.34. The first kappa shape index (κ1) is 8.96. The third-order valence-electron chi connectivity index (χ3n) is 3.64. The summed E-state index contributed by atoms with van der Waals surface area (Å²) in [7, 11) is 0. The Balaban J connectivity index is 2.04. The van der Waals surface area contributed by atoms with Gasteiger partial charge in [0.05, 0.1) is 37.9 Å². The van der Waals surface area contributed by atoms with Gasteiger partial charge >= 0.3 is 0 Å². The third kappa shape index (κ3) is 0.921. The van der Waals surface area contributed by atoms with Gasteiger partial charge in [-0.1, -0.05) is 0 Å². The average Bonchev–Trinajstić information content (AvgIpc) is 2.60. The predicted molar refractivity (Wildman–Crippen MR) is 52.2 cm³/mol. The van der Waals surface area contributed by atoms with E-state index in [9.17, 15) is 5.26 Å². The van der Waals surface area contributed by atoms with Crippen LogP contribution in [0, 0.1) is 16.7 Å². The van der Waals surface area contributed by atoms with Gasteiger partial charge in [-0.15, -0.1) is 0 Å². The van der Waals surface area contributed by atoms with Gasteiger partial charge < -0.3 is 14.5 Å². The normalized spacial score (nSPS) is 26.1. The van der Waals surface area contributed by atoms with E-state index in [1.807, 2.05) is 18.3 Å². The Morgan fingerprint density at radius 3 is 2.33 bits per heavy atom. The second-order valence-corrected chi connectivity index (χ2v) is 4.35. The van der Waals surface area contributed by atoms with Crippen LogP contribution in [0.15, 0.2) is 18.3 Å². The number of ether oxygens (including phenoxy) is 2. The topological polar surface area (TPSA) is 58.0 Å². The summed E-state index contributed by atoms with van der Waals surface area (Å²) >= 11 is 0. The van der Waals surface area contributed by atoms with Gasteiger partial charge in [-0.05, 0) is 12.1 Å². The van der Waals surface area contributed by atoms with Crippen molar-refractivity contribution in [3.63, 3.8) is 0 Å². The minimum atomic E-state index is -0.393. The minimum absolute atomic E-state index is 0.177. The number of nitriles is 1. The number of rotatable bonds is 2. The highest BCUT2D eigenvalue weighted by Crippen LogP contribution is 2.50. The van der Waals surface area contributed by atoms with E-state index in [1.54, 1.807) is 0 Å². The van der Waals surface area contributed by atoms with Gasteiger partial charge in [-0.25, -0.2) is 0 Å². The van der Waals surface area contributed by atoms with Crippen molar-refractivity contribution in [3.8, 4) is 6.07 Å². The van der Waals surface area contributed by atoms with E-state index in [-0.39, 0.29) is 5.41 Å². The lowest BCUT2D eigenvalue weighted by Crippen LogP contribution is -2.66. The second-order valence-electron chi connectivity index (χ2n) is 4.35. The maximum absolute atomic E-state index is 9.34. The average molecular weight is 204 g/mol. The van der Waals surface area contributed by atoms with Crippen LogP contribution in [0.5, 0.6) is 0 Å². The predicted octanol–water partition coefficient (Wildman–Crippen LogP) is 0.823. The summed E-state index contributed by atoms with van der Waals surface area (Å²) in [5.41, 5.74) is 0.526. The molecule has 0 bridgehead atoms. The first-order valence-corrected chi connectivity index (χ1v) is 5.04. The monoisotopic (exact) mass is 204 g/mol. The van der Waals surface area contributed by atoms with Crippen molar-refractivity contribution >= 4 is 0 Å². The lowest BCUT2D eigenvalue weighted by atomic mass is 9.59. The summed E-state index contributed by atoms with van der Waals surface area (Å²) in [6.45, 7) is 2.27. The van der Waals surface area contributed by atoms with Crippen LogP contribution in [0.1, 0.15) is 5.69 Å². The quantitative estimate of drug-likeness (QED) is 0.776. The molecule has 0 spiro atoms. The Hall–Kier alpha value is -1.31. The van der Waals surface area contributed by atoms with Crippen LogP contribution in [0.3, 0.4) is 0 Å². The third-order valence-corrected chi connectivity index (χ3v) is 3.64. The number of aromatic amines is 1. The van der Waals surface area contributed by atoms with Crippen LogP contribution in [-0.2, 0) is 14.9 Å². The number of hydrogen-bond acceptors (Lipinski definition) is 3. The van der Waals surface area contributed by atoms with E-state index < -0.39 is 5.41 Å². The molecule has 1 N–H and O–H groups in total. The molecule has 2 aliphatic rings. The molecule has 2 fully saturated rings. The van der Waals surface area contributed by atoms with Crippen LogP contribution in [0.4, 0.5) is 0 Å². The van der Waals surface area contributed by atoms with Gasteiger partial charge in [0.15, 0.2) is 0 Å². The molecule has 3 rings (SSSR count). The van der Waals surface area contributed by atoms with E-state index in [4.69, 9.17) is 9.47 Å². The number of aromatic nitrogens is 1. The zero-order chi connectivity index (χ0) is 10.4. The number of hydrogen-bond donors (Lipinski definition) is 1. The van der Waals surface area contributed by atoms with Crippen molar-refractivity contribution < 1.29 is 9.47 Å². The fraction of sp³-hybridized carbons (Fsp3) is 0.545. The molecular formula is C11H12N2O2. The van der Waals surface area contributed by atoms with Crippen LogP contribution >= 0.6 is 0 Å². The van der Waals surface area contributed by atoms with E-state index in [1.165, 1.54) is 0 Å². The highest BCUT2D eigenvalue weighted by atomic mass is 16.5. The van der Waals surface area contributed by atoms with Gasteiger partial charge in [-0.3, -0.25) is 0 Å². The summed E-state index contributed by atoms with van der Waals surface area (Å²) in [5.74, 6) is 0. The van der Waals surface area contributed by atoms with Gasteiger partial charge in [0.25, 0.3) is 0 Å². The highest BCUT2D eigenvalue weighted by molar-refractivity contribution is 5.32. The Kier molecular flexibility index (Phi) is 1.70. The summed E-state index contributed by atoms with van der Waals surface area (Å²) in [4.78, 5) is 3.20. The summed E-state index contributed by atoms with van der Waals surface area (Å²) in [6.07, 6.45) is 1.89. The van der Waals surface area contributed by atoms with Crippen LogP contribution in [0.2, 0.25) is 0 Å². The second kappa shape index (κ2) is 2.84. The van der Waals surface area contributed by atoms with E-state index in [2.05, 4.69) is 11.1 Å². The van der Waals surface area contributed by atoms with Crippen molar-refractivity contribution in [1.82, 2.24) is 4.98 Å². The zero-order valence-corrected chi connectivity index (χ0v) is 8.32. The Morgan fingerprint density at radius 2 is 2.00 bits per heavy atom. The molecule has 4 heteroatoms. The molecule has 0 radical (unpaired) electrons. The van der Waals surface area contributed by atoms with Gasteiger partial charge in [0, 0.05) is 11.9 Å². The smallest absolute Gasteiger partial charge is 0.119 e.